The number of carbonyl (C=O) groups excluding carboxylic acids is 2. The van der Waals surface area contributed by atoms with Crippen LogP contribution in [0.15, 0.2) is 42.7 Å². The molecule has 9 nitrogen and oxygen atoms in total. The van der Waals surface area contributed by atoms with Crippen molar-refractivity contribution in [2.45, 2.75) is 58.8 Å². The zero-order chi connectivity index (χ0) is 26.2. The van der Waals surface area contributed by atoms with Gasteiger partial charge in [0.15, 0.2) is 0 Å². The lowest BCUT2D eigenvalue weighted by molar-refractivity contribution is -0.134. The maximum absolute atomic E-state index is 13.3. The van der Waals surface area contributed by atoms with Crippen molar-refractivity contribution in [3.05, 3.63) is 53.9 Å². The van der Waals surface area contributed by atoms with Crippen molar-refractivity contribution >= 4 is 17.6 Å². The molecule has 1 aliphatic rings. The van der Waals surface area contributed by atoms with Crippen LogP contribution in [0.25, 0.3) is 0 Å². The molecule has 0 unspecified atom stereocenters. The lowest BCUT2D eigenvalue weighted by Crippen LogP contribution is -2.47. The predicted molar refractivity (Wildman–Crippen MR) is 140 cm³/mol. The highest BCUT2D eigenvalue weighted by Gasteiger charge is 2.31. The van der Waals surface area contributed by atoms with Crippen LogP contribution in [0.5, 0.6) is 5.75 Å². The molecule has 3 atom stereocenters. The third kappa shape index (κ3) is 7.66. The number of amides is 3. The van der Waals surface area contributed by atoms with E-state index >= 15 is 0 Å². The molecule has 0 saturated heterocycles. The molecule has 9 heteroatoms. The first-order valence-electron chi connectivity index (χ1n) is 12.5. The van der Waals surface area contributed by atoms with Crippen LogP contribution in [-0.2, 0) is 17.8 Å². The Labute approximate surface area is 213 Å². The quantitative estimate of drug-likeness (QED) is 0.518. The second kappa shape index (κ2) is 12.7. The summed E-state index contributed by atoms with van der Waals surface area (Å²) in [5, 5.41) is 15.4. The highest BCUT2D eigenvalue weighted by atomic mass is 16.5. The first-order chi connectivity index (χ1) is 17.2. The Balaban J connectivity index is 1.87. The number of aliphatic hydroxyl groups is 1. The van der Waals surface area contributed by atoms with Gasteiger partial charge in [0.25, 0.3) is 0 Å². The van der Waals surface area contributed by atoms with E-state index in [4.69, 9.17) is 4.74 Å². The zero-order valence-electron chi connectivity index (χ0n) is 21.9. The van der Waals surface area contributed by atoms with Gasteiger partial charge in [0.1, 0.15) is 11.9 Å². The molecular weight excluding hydrogens is 458 g/mol. The second-order valence-corrected chi connectivity index (χ2v) is 10.0. The minimum atomic E-state index is -0.310. The largest absolute Gasteiger partial charge is 0.488 e. The summed E-state index contributed by atoms with van der Waals surface area (Å²) < 4.78 is 6.55. The molecule has 0 radical (unpaired) electrons. The summed E-state index contributed by atoms with van der Waals surface area (Å²) in [6, 6.07) is 8.78. The Bertz CT molecular complexity index is 1020. The van der Waals surface area contributed by atoms with Crippen LogP contribution in [-0.4, -0.2) is 76.8 Å². The molecule has 3 N–H and O–H groups in total. The number of aliphatic hydroxyl groups excluding tert-OH is 1. The number of nitrogens with zero attached hydrogens (tertiary/aromatic N) is 3. The van der Waals surface area contributed by atoms with Crippen LogP contribution < -0.4 is 15.4 Å². The van der Waals surface area contributed by atoms with Crippen LogP contribution in [0.1, 0.15) is 38.8 Å². The van der Waals surface area contributed by atoms with Gasteiger partial charge in [-0.3, -0.25) is 14.7 Å². The van der Waals surface area contributed by atoms with Gasteiger partial charge >= 0.3 is 6.03 Å². The fourth-order valence-electron chi connectivity index (χ4n) is 4.33. The zero-order valence-corrected chi connectivity index (χ0v) is 21.9. The lowest BCUT2D eigenvalue weighted by Gasteiger charge is -2.34. The number of benzene rings is 1. The summed E-state index contributed by atoms with van der Waals surface area (Å²) in [6.45, 7) is 9.45. The Hall–Kier alpha value is -3.17. The summed E-state index contributed by atoms with van der Waals surface area (Å²) >= 11 is 0. The van der Waals surface area contributed by atoms with Gasteiger partial charge in [-0.25, -0.2) is 4.79 Å². The maximum atomic E-state index is 13.3. The van der Waals surface area contributed by atoms with Gasteiger partial charge in [-0.15, -0.1) is 0 Å². The fraction of sp³-hybridized carbons (Fsp3) is 0.519. The average Bonchev–Trinajstić information content (AvgIpc) is 2.86. The number of urea groups is 1. The van der Waals surface area contributed by atoms with Crippen molar-refractivity contribution in [1.29, 1.82) is 0 Å². The van der Waals surface area contributed by atoms with E-state index in [9.17, 15) is 14.7 Å². The lowest BCUT2D eigenvalue weighted by atomic mass is 10.0. The van der Waals surface area contributed by atoms with Crippen LogP contribution in [0.4, 0.5) is 10.5 Å². The van der Waals surface area contributed by atoms with Gasteiger partial charge in [-0.1, -0.05) is 6.92 Å². The monoisotopic (exact) mass is 497 g/mol. The Morgan fingerprint density at radius 2 is 1.97 bits per heavy atom. The number of ether oxygens (including phenoxy) is 1. The minimum absolute atomic E-state index is 0.00248. The molecule has 1 aliphatic heterocycles. The third-order valence-electron chi connectivity index (χ3n) is 6.29. The van der Waals surface area contributed by atoms with Gasteiger partial charge in [-0.2, -0.15) is 0 Å². The van der Waals surface area contributed by atoms with E-state index in [1.165, 1.54) is 0 Å². The molecule has 3 rings (SSSR count). The maximum Gasteiger partial charge on any atom is 0.319 e. The highest BCUT2D eigenvalue weighted by molar-refractivity contribution is 5.90. The van der Waals surface area contributed by atoms with Gasteiger partial charge in [0, 0.05) is 55.2 Å². The fourth-order valence-corrected chi connectivity index (χ4v) is 4.33. The summed E-state index contributed by atoms with van der Waals surface area (Å²) in [7, 11) is 2.05. The molecule has 0 bridgehead atoms. The third-order valence-corrected chi connectivity index (χ3v) is 6.29. The summed E-state index contributed by atoms with van der Waals surface area (Å²) in [6.07, 6.45) is 3.49. The molecule has 0 aliphatic carbocycles. The number of pyridine rings is 1. The second-order valence-electron chi connectivity index (χ2n) is 10.0. The van der Waals surface area contributed by atoms with Crippen LogP contribution in [0.2, 0.25) is 0 Å². The first-order valence-corrected chi connectivity index (χ1v) is 12.5. The number of likely N-dealkylation sites (N-methyl/N-ethyl adjacent to an activating group) is 1. The van der Waals surface area contributed by atoms with Crippen LogP contribution in [0.3, 0.4) is 0 Å². The van der Waals surface area contributed by atoms with E-state index < -0.39 is 0 Å². The Kier molecular flexibility index (Phi) is 9.66. The number of nitrogens with one attached hydrogen (secondary N) is 2. The number of anilines is 1. The van der Waals surface area contributed by atoms with E-state index in [0.717, 1.165) is 12.1 Å². The first kappa shape index (κ1) is 27.4. The molecule has 196 valence electrons. The van der Waals surface area contributed by atoms with E-state index in [-0.39, 0.29) is 49.1 Å². The molecule has 0 fully saturated rings. The van der Waals surface area contributed by atoms with Crippen LogP contribution >= 0.6 is 0 Å². The number of carbonyl (C=O) groups is 2. The highest BCUT2D eigenvalue weighted by Crippen LogP contribution is 2.29. The molecule has 0 spiro atoms. The van der Waals surface area contributed by atoms with Gasteiger partial charge in [-0.05, 0) is 63.7 Å². The number of fused-ring (bicyclic) bond motifs is 1. The van der Waals surface area contributed by atoms with Crippen molar-refractivity contribution in [2.75, 3.05) is 32.1 Å². The molecule has 1 aromatic heterocycles. The Morgan fingerprint density at radius 1 is 1.25 bits per heavy atom. The van der Waals surface area contributed by atoms with Gasteiger partial charge < -0.3 is 25.4 Å². The molecule has 2 heterocycles. The smallest absolute Gasteiger partial charge is 0.319 e. The summed E-state index contributed by atoms with van der Waals surface area (Å²) in [4.78, 5) is 33.6. The SMILES string of the molecule is CC(C)NC(=O)Nc1ccc2c(c1)CC(=O)N([C@H](C)CO)C[C@H](C)[C@@H](CN(C)Cc1ccncc1)O2. The molecule has 0 saturated carbocycles. The van der Waals surface area contributed by atoms with Crippen molar-refractivity contribution in [3.63, 3.8) is 0 Å². The normalized spacial score (nSPS) is 19.1. The topological polar surface area (TPSA) is 107 Å². The molecule has 1 aromatic carbocycles. The Morgan fingerprint density at radius 3 is 2.64 bits per heavy atom. The van der Waals surface area contributed by atoms with Gasteiger partial charge in [0.2, 0.25) is 5.91 Å². The van der Waals surface area contributed by atoms with Crippen LogP contribution in [0, 0.1) is 5.92 Å². The minimum Gasteiger partial charge on any atom is -0.488 e. The van der Waals surface area contributed by atoms with Gasteiger partial charge in [0.05, 0.1) is 19.1 Å². The van der Waals surface area contributed by atoms with Crippen molar-refractivity contribution in [3.8, 4) is 5.75 Å². The van der Waals surface area contributed by atoms with Crippen molar-refractivity contribution in [2.24, 2.45) is 5.92 Å². The van der Waals surface area contributed by atoms with Crippen molar-refractivity contribution < 1.29 is 19.4 Å². The van der Waals surface area contributed by atoms with Crippen molar-refractivity contribution in [1.82, 2.24) is 20.1 Å². The predicted octanol–water partition coefficient (Wildman–Crippen LogP) is 2.89. The number of hydrogen-bond acceptors (Lipinski definition) is 6. The van der Waals surface area contributed by atoms with E-state index in [0.29, 0.717) is 30.1 Å². The number of rotatable bonds is 8. The number of hydrogen-bond donors (Lipinski definition) is 3. The van der Waals surface area contributed by atoms with E-state index in [2.05, 4.69) is 27.4 Å². The summed E-state index contributed by atoms with van der Waals surface area (Å²) in [5.41, 5.74) is 2.45. The van der Waals surface area contributed by atoms with E-state index in [1.807, 2.05) is 46.0 Å². The van der Waals surface area contributed by atoms with E-state index in [1.54, 1.807) is 29.4 Å². The molecular formula is C27H39N5O4. The number of aromatic nitrogens is 1. The molecule has 3 amide bonds. The average molecular weight is 498 g/mol. The molecule has 36 heavy (non-hydrogen) atoms. The molecule has 2 aromatic rings. The standard InChI is InChI=1S/C27H39N5O4/c1-18(2)29-27(35)30-23-6-7-24-22(12-23)13-26(34)32(20(4)17-33)14-19(3)25(36-24)16-31(5)15-21-8-10-28-11-9-21/h6-12,18-20,25,33H,13-17H2,1-5H3,(H2,29,30,35)/t19-,20+,25+/m0/s1. The summed E-state index contributed by atoms with van der Waals surface area (Å²) in [5.74, 6) is 0.567.